The zero-order valence-corrected chi connectivity index (χ0v) is 15.5. The third-order valence-corrected chi connectivity index (χ3v) is 4.91. The van der Waals surface area contributed by atoms with Gasteiger partial charge in [0.1, 0.15) is 0 Å². The lowest BCUT2D eigenvalue weighted by molar-refractivity contribution is 0.422. The van der Waals surface area contributed by atoms with Crippen LogP contribution in [0.2, 0.25) is 5.02 Å². The Kier molecular flexibility index (Phi) is 5.77. The minimum atomic E-state index is 0. The molecule has 0 atom stereocenters. The molecule has 5 heteroatoms. The summed E-state index contributed by atoms with van der Waals surface area (Å²) in [5.74, 6) is 1.05. The van der Waals surface area contributed by atoms with Crippen molar-refractivity contribution in [1.82, 2.24) is 10.2 Å². The number of nitrogens with one attached hydrogen (secondary N) is 1. The van der Waals surface area contributed by atoms with Crippen molar-refractivity contribution in [3.05, 3.63) is 34.9 Å². The van der Waals surface area contributed by atoms with Crippen LogP contribution >= 0.6 is 35.6 Å². The van der Waals surface area contributed by atoms with E-state index in [4.69, 9.17) is 11.6 Å². The van der Waals surface area contributed by atoms with Crippen LogP contribution in [0.5, 0.6) is 0 Å². The van der Waals surface area contributed by atoms with Gasteiger partial charge in [-0.3, -0.25) is 4.99 Å². The van der Waals surface area contributed by atoms with Gasteiger partial charge in [-0.2, -0.15) is 0 Å². The van der Waals surface area contributed by atoms with E-state index in [0.29, 0.717) is 0 Å². The van der Waals surface area contributed by atoms with Crippen molar-refractivity contribution in [3.8, 4) is 0 Å². The Labute approximate surface area is 149 Å². The summed E-state index contributed by atoms with van der Waals surface area (Å²) in [5, 5.41) is 4.38. The molecule has 1 heterocycles. The topological polar surface area (TPSA) is 27.6 Å². The Morgan fingerprint density at radius 3 is 2.48 bits per heavy atom. The average molecular weight is 420 g/mol. The number of hydrogen-bond acceptors (Lipinski definition) is 3. The lowest BCUT2D eigenvalue weighted by Gasteiger charge is -2.31. The number of aliphatic imine (C=N–C) groups is 1. The largest absolute Gasteiger partial charge is 0.355 e. The SMILES string of the molecule is CN1CCN=C1NCC1(c2ccc(Cl)cc2)CCCC1.I. The molecule has 0 aromatic heterocycles. The zero-order valence-electron chi connectivity index (χ0n) is 12.4. The van der Waals surface area contributed by atoms with Crippen LogP contribution in [-0.2, 0) is 5.41 Å². The molecular weight excluding hydrogens is 397 g/mol. The summed E-state index contributed by atoms with van der Waals surface area (Å²) < 4.78 is 0. The molecule has 0 unspecified atom stereocenters. The van der Waals surface area contributed by atoms with Crippen LogP contribution in [0, 0.1) is 0 Å². The highest BCUT2D eigenvalue weighted by molar-refractivity contribution is 14.0. The van der Waals surface area contributed by atoms with Crippen LogP contribution in [0.15, 0.2) is 29.3 Å². The molecule has 0 radical (unpaired) electrons. The fraction of sp³-hybridized carbons (Fsp3) is 0.562. The Hall–Kier alpha value is -0.490. The van der Waals surface area contributed by atoms with Crippen molar-refractivity contribution in [2.75, 3.05) is 26.7 Å². The first-order valence-electron chi connectivity index (χ1n) is 7.45. The molecule has 0 bridgehead atoms. The molecule has 116 valence electrons. The van der Waals surface area contributed by atoms with Gasteiger partial charge in [-0.15, -0.1) is 24.0 Å². The molecule has 2 aliphatic rings. The minimum absolute atomic E-state index is 0. The van der Waals surface area contributed by atoms with E-state index in [-0.39, 0.29) is 29.4 Å². The summed E-state index contributed by atoms with van der Waals surface area (Å²) in [6.07, 6.45) is 5.12. The monoisotopic (exact) mass is 419 g/mol. The second-order valence-electron chi connectivity index (χ2n) is 5.97. The number of guanidine groups is 1. The van der Waals surface area contributed by atoms with Gasteiger partial charge in [-0.1, -0.05) is 36.6 Å². The Bertz CT molecular complexity index is 495. The van der Waals surface area contributed by atoms with Gasteiger partial charge in [0.2, 0.25) is 0 Å². The highest BCUT2D eigenvalue weighted by Gasteiger charge is 2.36. The van der Waals surface area contributed by atoms with Crippen molar-refractivity contribution in [2.45, 2.75) is 31.1 Å². The molecule has 3 nitrogen and oxygen atoms in total. The highest BCUT2D eigenvalue weighted by Crippen LogP contribution is 2.40. The molecule has 21 heavy (non-hydrogen) atoms. The molecule has 1 aromatic carbocycles. The third-order valence-electron chi connectivity index (χ3n) is 4.66. The molecule has 1 N–H and O–H groups in total. The van der Waals surface area contributed by atoms with E-state index in [1.807, 2.05) is 12.1 Å². The van der Waals surface area contributed by atoms with Crippen LogP contribution in [-0.4, -0.2) is 37.5 Å². The van der Waals surface area contributed by atoms with E-state index in [1.165, 1.54) is 31.2 Å². The maximum Gasteiger partial charge on any atom is 0.193 e. The standard InChI is InChI=1S/C16H22ClN3.HI/c1-20-11-10-18-15(20)19-12-16(8-2-3-9-16)13-4-6-14(17)7-5-13;/h4-7H,2-3,8-12H2,1H3,(H,18,19);1H. The third kappa shape index (κ3) is 3.65. The Morgan fingerprint density at radius 2 is 1.90 bits per heavy atom. The first-order chi connectivity index (χ1) is 9.70. The van der Waals surface area contributed by atoms with Crippen molar-refractivity contribution < 1.29 is 0 Å². The van der Waals surface area contributed by atoms with Gasteiger partial charge >= 0.3 is 0 Å². The fourth-order valence-electron chi connectivity index (χ4n) is 3.39. The van der Waals surface area contributed by atoms with Gasteiger partial charge < -0.3 is 10.2 Å². The zero-order chi connectivity index (χ0) is 14.0. The van der Waals surface area contributed by atoms with Gasteiger partial charge in [0.25, 0.3) is 0 Å². The number of halogens is 2. The molecule has 0 saturated heterocycles. The molecule has 1 aliphatic carbocycles. The molecule has 0 spiro atoms. The first kappa shape index (κ1) is 16.9. The lowest BCUT2D eigenvalue weighted by Crippen LogP contribution is -2.43. The molecule has 1 aromatic rings. The van der Waals surface area contributed by atoms with Gasteiger partial charge in [0.15, 0.2) is 5.96 Å². The van der Waals surface area contributed by atoms with E-state index in [0.717, 1.165) is 30.6 Å². The van der Waals surface area contributed by atoms with Crippen LogP contribution in [0.3, 0.4) is 0 Å². The number of rotatable bonds is 3. The summed E-state index contributed by atoms with van der Waals surface area (Å²) in [6.45, 7) is 2.90. The molecule has 3 rings (SSSR count). The van der Waals surface area contributed by atoms with Gasteiger partial charge in [-0.05, 0) is 30.5 Å². The van der Waals surface area contributed by atoms with Crippen molar-refractivity contribution in [2.24, 2.45) is 4.99 Å². The number of hydrogen-bond donors (Lipinski definition) is 1. The maximum absolute atomic E-state index is 6.02. The normalized spacial score (nSPS) is 20.1. The maximum atomic E-state index is 6.02. The summed E-state index contributed by atoms with van der Waals surface area (Å²) in [5.41, 5.74) is 1.66. The Morgan fingerprint density at radius 1 is 1.24 bits per heavy atom. The number of likely N-dealkylation sites (N-methyl/N-ethyl adjacent to an activating group) is 1. The molecule has 1 aliphatic heterocycles. The van der Waals surface area contributed by atoms with Gasteiger partial charge in [0, 0.05) is 30.6 Å². The van der Waals surface area contributed by atoms with E-state index in [2.05, 4.69) is 34.4 Å². The van der Waals surface area contributed by atoms with E-state index in [9.17, 15) is 0 Å². The lowest BCUT2D eigenvalue weighted by atomic mass is 9.79. The van der Waals surface area contributed by atoms with E-state index >= 15 is 0 Å². The predicted molar refractivity (Wildman–Crippen MR) is 99.9 cm³/mol. The van der Waals surface area contributed by atoms with E-state index < -0.39 is 0 Å². The molecule has 1 fully saturated rings. The Balaban J connectivity index is 0.00000161. The fourth-order valence-corrected chi connectivity index (χ4v) is 3.52. The van der Waals surface area contributed by atoms with Crippen molar-refractivity contribution in [1.29, 1.82) is 0 Å². The van der Waals surface area contributed by atoms with Crippen LogP contribution in [0.1, 0.15) is 31.2 Å². The molecule has 0 amide bonds. The summed E-state index contributed by atoms with van der Waals surface area (Å²) >= 11 is 6.02. The number of benzene rings is 1. The minimum Gasteiger partial charge on any atom is -0.355 e. The van der Waals surface area contributed by atoms with Crippen LogP contribution in [0.4, 0.5) is 0 Å². The summed E-state index contributed by atoms with van der Waals surface area (Å²) in [6, 6.07) is 8.40. The second-order valence-corrected chi connectivity index (χ2v) is 6.41. The molecular formula is C16H23ClIN3. The van der Waals surface area contributed by atoms with E-state index in [1.54, 1.807) is 0 Å². The highest BCUT2D eigenvalue weighted by atomic mass is 127. The quantitative estimate of drug-likeness (QED) is 0.757. The summed E-state index contributed by atoms with van der Waals surface area (Å²) in [7, 11) is 2.10. The van der Waals surface area contributed by atoms with Gasteiger partial charge in [-0.25, -0.2) is 0 Å². The van der Waals surface area contributed by atoms with Gasteiger partial charge in [0.05, 0.1) is 6.54 Å². The average Bonchev–Trinajstić information content (AvgIpc) is 3.07. The van der Waals surface area contributed by atoms with Crippen molar-refractivity contribution >= 4 is 41.5 Å². The first-order valence-corrected chi connectivity index (χ1v) is 7.83. The number of nitrogens with zero attached hydrogens (tertiary/aromatic N) is 2. The predicted octanol–water partition coefficient (Wildman–Crippen LogP) is 3.66. The van der Waals surface area contributed by atoms with Crippen molar-refractivity contribution in [3.63, 3.8) is 0 Å². The summed E-state index contributed by atoms with van der Waals surface area (Å²) in [4.78, 5) is 6.73. The van der Waals surface area contributed by atoms with Crippen LogP contribution < -0.4 is 5.32 Å². The molecule has 1 saturated carbocycles. The smallest absolute Gasteiger partial charge is 0.193 e. The second kappa shape index (κ2) is 7.18. The van der Waals surface area contributed by atoms with Crippen LogP contribution in [0.25, 0.3) is 0 Å².